The van der Waals surface area contributed by atoms with E-state index in [1.165, 1.54) is 0 Å². The molecule has 82 valence electrons. The van der Waals surface area contributed by atoms with E-state index in [9.17, 15) is 4.79 Å². The van der Waals surface area contributed by atoms with Gasteiger partial charge in [0.15, 0.2) is 0 Å². The molecule has 0 fully saturated rings. The molecule has 1 aromatic heterocycles. The number of pyridine rings is 1. The molecule has 0 saturated heterocycles. The summed E-state index contributed by atoms with van der Waals surface area (Å²) in [5, 5.41) is 5.75. The van der Waals surface area contributed by atoms with Gasteiger partial charge in [-0.3, -0.25) is 4.79 Å². The van der Waals surface area contributed by atoms with E-state index < -0.39 is 0 Å². The third-order valence-electron chi connectivity index (χ3n) is 1.79. The lowest BCUT2D eigenvalue weighted by molar-refractivity contribution is -0.119. The SMILES string of the molecule is Cc1ccc(NCC(=O)NC(C)C)nc1. The maximum atomic E-state index is 11.3. The molecule has 0 radical (unpaired) electrons. The minimum atomic E-state index is -0.0209. The summed E-state index contributed by atoms with van der Waals surface area (Å²) in [6.45, 7) is 6.10. The Bertz CT molecular complexity index is 319. The Labute approximate surface area is 90.1 Å². The summed E-state index contributed by atoms with van der Waals surface area (Å²) in [5.41, 5.74) is 1.10. The minimum absolute atomic E-state index is 0.0209. The molecule has 2 N–H and O–H groups in total. The largest absolute Gasteiger partial charge is 0.361 e. The summed E-state index contributed by atoms with van der Waals surface area (Å²) in [7, 11) is 0. The number of carbonyl (C=O) groups is 1. The van der Waals surface area contributed by atoms with Gasteiger partial charge in [-0.1, -0.05) is 6.07 Å². The first-order valence-electron chi connectivity index (χ1n) is 5.04. The van der Waals surface area contributed by atoms with Crippen molar-refractivity contribution in [2.45, 2.75) is 26.8 Å². The van der Waals surface area contributed by atoms with E-state index in [1.807, 2.05) is 32.9 Å². The van der Waals surface area contributed by atoms with Gasteiger partial charge in [-0.15, -0.1) is 0 Å². The molecule has 1 amide bonds. The molecular weight excluding hydrogens is 190 g/mol. The van der Waals surface area contributed by atoms with E-state index >= 15 is 0 Å². The molecule has 0 aliphatic carbocycles. The van der Waals surface area contributed by atoms with E-state index in [4.69, 9.17) is 0 Å². The molecular formula is C11H17N3O. The number of carbonyl (C=O) groups excluding carboxylic acids is 1. The molecule has 1 rings (SSSR count). The maximum absolute atomic E-state index is 11.3. The lowest BCUT2D eigenvalue weighted by atomic mass is 10.3. The smallest absolute Gasteiger partial charge is 0.239 e. The molecule has 4 heteroatoms. The zero-order valence-corrected chi connectivity index (χ0v) is 9.37. The van der Waals surface area contributed by atoms with E-state index in [-0.39, 0.29) is 18.5 Å². The first-order valence-corrected chi connectivity index (χ1v) is 5.04. The van der Waals surface area contributed by atoms with Gasteiger partial charge in [-0.2, -0.15) is 0 Å². The molecule has 4 nitrogen and oxygen atoms in total. The number of nitrogens with zero attached hydrogens (tertiary/aromatic N) is 1. The summed E-state index contributed by atoms with van der Waals surface area (Å²) < 4.78 is 0. The summed E-state index contributed by atoms with van der Waals surface area (Å²) in [4.78, 5) is 15.4. The van der Waals surface area contributed by atoms with Crippen LogP contribution in [0.5, 0.6) is 0 Å². The predicted molar refractivity (Wildman–Crippen MR) is 60.7 cm³/mol. The Balaban J connectivity index is 2.37. The van der Waals surface area contributed by atoms with Crippen LogP contribution in [0.25, 0.3) is 0 Å². The highest BCUT2D eigenvalue weighted by Gasteiger charge is 2.02. The molecule has 0 aliphatic heterocycles. The third-order valence-corrected chi connectivity index (χ3v) is 1.79. The van der Waals surface area contributed by atoms with Gasteiger partial charge in [0.05, 0.1) is 6.54 Å². The van der Waals surface area contributed by atoms with Crippen molar-refractivity contribution >= 4 is 11.7 Å². The molecule has 0 spiro atoms. The van der Waals surface area contributed by atoms with Gasteiger partial charge in [0, 0.05) is 12.2 Å². The lowest BCUT2D eigenvalue weighted by Crippen LogP contribution is -2.34. The van der Waals surface area contributed by atoms with Crippen molar-refractivity contribution in [1.29, 1.82) is 0 Å². The Morgan fingerprint density at radius 2 is 2.20 bits per heavy atom. The second-order valence-corrected chi connectivity index (χ2v) is 3.80. The van der Waals surface area contributed by atoms with Crippen LogP contribution in [0.15, 0.2) is 18.3 Å². The molecule has 0 aliphatic rings. The van der Waals surface area contributed by atoms with Crippen molar-refractivity contribution in [3.63, 3.8) is 0 Å². The zero-order chi connectivity index (χ0) is 11.3. The van der Waals surface area contributed by atoms with E-state index in [0.717, 1.165) is 11.4 Å². The molecule has 0 aromatic carbocycles. The molecule has 1 aromatic rings. The monoisotopic (exact) mass is 207 g/mol. The summed E-state index contributed by atoms with van der Waals surface area (Å²) in [5.74, 6) is 0.701. The van der Waals surface area contributed by atoms with Crippen molar-refractivity contribution in [1.82, 2.24) is 10.3 Å². The zero-order valence-electron chi connectivity index (χ0n) is 9.37. The van der Waals surface area contributed by atoms with Gasteiger partial charge in [-0.05, 0) is 32.4 Å². The van der Waals surface area contributed by atoms with Crippen LogP contribution in [-0.4, -0.2) is 23.5 Å². The number of nitrogens with one attached hydrogen (secondary N) is 2. The number of rotatable bonds is 4. The topological polar surface area (TPSA) is 54.0 Å². The van der Waals surface area contributed by atoms with Crippen molar-refractivity contribution in [3.8, 4) is 0 Å². The molecule has 0 bridgehead atoms. The maximum Gasteiger partial charge on any atom is 0.239 e. The van der Waals surface area contributed by atoms with Crippen LogP contribution in [0.3, 0.4) is 0 Å². The lowest BCUT2D eigenvalue weighted by Gasteiger charge is -2.09. The fourth-order valence-corrected chi connectivity index (χ4v) is 1.12. The third kappa shape index (κ3) is 4.44. The van der Waals surface area contributed by atoms with Gasteiger partial charge in [0.2, 0.25) is 5.91 Å². The highest BCUT2D eigenvalue weighted by atomic mass is 16.1. The van der Waals surface area contributed by atoms with E-state index in [1.54, 1.807) is 6.20 Å². The van der Waals surface area contributed by atoms with Gasteiger partial charge in [-0.25, -0.2) is 4.98 Å². The van der Waals surface area contributed by atoms with Crippen LogP contribution in [0.1, 0.15) is 19.4 Å². The normalized spacial score (nSPS) is 10.1. The number of aryl methyl sites for hydroxylation is 1. The standard InChI is InChI=1S/C11H17N3O/c1-8(2)14-11(15)7-13-10-5-4-9(3)6-12-10/h4-6,8H,7H2,1-3H3,(H,12,13)(H,14,15). The Morgan fingerprint density at radius 3 is 2.73 bits per heavy atom. The van der Waals surface area contributed by atoms with E-state index in [0.29, 0.717) is 0 Å². The van der Waals surface area contributed by atoms with Crippen molar-refractivity contribution in [3.05, 3.63) is 23.9 Å². The first-order chi connectivity index (χ1) is 7.08. The van der Waals surface area contributed by atoms with Gasteiger partial charge in [0.25, 0.3) is 0 Å². The second-order valence-electron chi connectivity index (χ2n) is 3.80. The highest BCUT2D eigenvalue weighted by Crippen LogP contribution is 2.02. The Morgan fingerprint density at radius 1 is 1.47 bits per heavy atom. The van der Waals surface area contributed by atoms with Crippen molar-refractivity contribution < 1.29 is 4.79 Å². The van der Waals surface area contributed by atoms with Crippen LogP contribution in [0.4, 0.5) is 5.82 Å². The Hall–Kier alpha value is -1.58. The molecule has 1 heterocycles. The average molecular weight is 207 g/mol. The van der Waals surface area contributed by atoms with Crippen LogP contribution in [0, 0.1) is 6.92 Å². The fourth-order valence-electron chi connectivity index (χ4n) is 1.12. The number of hydrogen-bond donors (Lipinski definition) is 2. The van der Waals surface area contributed by atoms with Gasteiger partial charge >= 0.3 is 0 Å². The van der Waals surface area contributed by atoms with Crippen LogP contribution >= 0.6 is 0 Å². The summed E-state index contributed by atoms with van der Waals surface area (Å²) in [6.07, 6.45) is 1.77. The van der Waals surface area contributed by atoms with Gasteiger partial charge in [0.1, 0.15) is 5.82 Å². The molecule has 0 unspecified atom stereocenters. The predicted octanol–water partition coefficient (Wildman–Crippen LogP) is 1.33. The van der Waals surface area contributed by atoms with Gasteiger partial charge < -0.3 is 10.6 Å². The minimum Gasteiger partial charge on any atom is -0.361 e. The first kappa shape index (κ1) is 11.5. The summed E-state index contributed by atoms with van der Waals surface area (Å²) in [6, 6.07) is 3.98. The average Bonchev–Trinajstić information content (AvgIpc) is 2.16. The van der Waals surface area contributed by atoms with Crippen LogP contribution in [0.2, 0.25) is 0 Å². The number of hydrogen-bond acceptors (Lipinski definition) is 3. The highest BCUT2D eigenvalue weighted by molar-refractivity contribution is 5.80. The Kier molecular flexibility index (Phi) is 4.09. The molecule has 15 heavy (non-hydrogen) atoms. The van der Waals surface area contributed by atoms with Crippen LogP contribution in [-0.2, 0) is 4.79 Å². The molecule has 0 saturated carbocycles. The number of amides is 1. The summed E-state index contributed by atoms with van der Waals surface area (Å²) >= 11 is 0. The second kappa shape index (κ2) is 5.34. The van der Waals surface area contributed by atoms with E-state index in [2.05, 4.69) is 15.6 Å². The quantitative estimate of drug-likeness (QED) is 0.783. The van der Waals surface area contributed by atoms with Crippen LogP contribution < -0.4 is 10.6 Å². The number of aromatic nitrogens is 1. The van der Waals surface area contributed by atoms with Crippen molar-refractivity contribution in [2.24, 2.45) is 0 Å². The van der Waals surface area contributed by atoms with Crippen molar-refractivity contribution in [2.75, 3.05) is 11.9 Å². The molecule has 0 atom stereocenters. The number of anilines is 1. The fraction of sp³-hybridized carbons (Fsp3) is 0.455.